The molecule has 1 unspecified atom stereocenters. The molecule has 112 valence electrons. The summed E-state index contributed by atoms with van der Waals surface area (Å²) in [6.07, 6.45) is 0. The van der Waals surface area contributed by atoms with Crippen molar-refractivity contribution < 1.29 is 13.5 Å². The van der Waals surface area contributed by atoms with Crippen LogP contribution in [-0.2, 0) is 6.61 Å². The van der Waals surface area contributed by atoms with Crippen LogP contribution in [-0.4, -0.2) is 7.05 Å². The van der Waals surface area contributed by atoms with Crippen LogP contribution >= 0.6 is 11.6 Å². The van der Waals surface area contributed by atoms with Gasteiger partial charge in [-0.05, 0) is 32.2 Å². The van der Waals surface area contributed by atoms with Gasteiger partial charge in [0.2, 0.25) is 0 Å². The fourth-order valence-corrected chi connectivity index (χ4v) is 2.10. The van der Waals surface area contributed by atoms with E-state index >= 15 is 0 Å². The number of rotatable bonds is 5. The molecule has 0 amide bonds. The third-order valence-corrected chi connectivity index (χ3v) is 3.51. The zero-order valence-corrected chi connectivity index (χ0v) is 12.5. The van der Waals surface area contributed by atoms with E-state index in [1.54, 1.807) is 25.2 Å². The summed E-state index contributed by atoms with van der Waals surface area (Å²) in [6.45, 7) is 1.94. The highest BCUT2D eigenvalue weighted by atomic mass is 35.5. The van der Waals surface area contributed by atoms with Crippen molar-refractivity contribution in [2.24, 2.45) is 0 Å². The second kappa shape index (κ2) is 6.87. The van der Waals surface area contributed by atoms with Gasteiger partial charge in [-0.3, -0.25) is 0 Å². The molecule has 2 aromatic carbocycles. The number of hydrogen-bond donors (Lipinski definition) is 1. The molecule has 0 saturated heterocycles. The number of halogens is 3. The molecule has 0 aliphatic rings. The van der Waals surface area contributed by atoms with Crippen molar-refractivity contribution in [1.29, 1.82) is 0 Å². The summed E-state index contributed by atoms with van der Waals surface area (Å²) in [6, 6.07) is 8.70. The first-order chi connectivity index (χ1) is 10.0. The summed E-state index contributed by atoms with van der Waals surface area (Å²) < 4.78 is 32.7. The second-order valence-electron chi connectivity index (χ2n) is 4.72. The first-order valence-corrected chi connectivity index (χ1v) is 6.92. The van der Waals surface area contributed by atoms with Crippen LogP contribution in [0.4, 0.5) is 8.78 Å². The van der Waals surface area contributed by atoms with Gasteiger partial charge in [0, 0.05) is 28.3 Å². The molecule has 0 heterocycles. The normalized spacial score (nSPS) is 12.2. The van der Waals surface area contributed by atoms with E-state index in [2.05, 4.69) is 5.32 Å². The Bertz CT molecular complexity index is 634. The quantitative estimate of drug-likeness (QED) is 0.879. The van der Waals surface area contributed by atoms with Gasteiger partial charge in [-0.2, -0.15) is 0 Å². The first-order valence-electron chi connectivity index (χ1n) is 6.54. The fraction of sp³-hybridized carbons (Fsp3) is 0.250. The lowest BCUT2D eigenvalue weighted by Gasteiger charge is -2.17. The highest BCUT2D eigenvalue weighted by Crippen LogP contribution is 2.27. The molecule has 0 aliphatic carbocycles. The maximum atomic E-state index is 13.7. The van der Waals surface area contributed by atoms with Gasteiger partial charge >= 0.3 is 0 Å². The fourth-order valence-electron chi connectivity index (χ4n) is 1.94. The zero-order valence-electron chi connectivity index (χ0n) is 11.8. The van der Waals surface area contributed by atoms with Crippen molar-refractivity contribution in [3.8, 4) is 5.75 Å². The summed E-state index contributed by atoms with van der Waals surface area (Å²) in [4.78, 5) is 0. The Labute approximate surface area is 127 Å². The predicted octanol–water partition coefficient (Wildman–Crippen LogP) is 4.48. The molecule has 5 heteroatoms. The van der Waals surface area contributed by atoms with Crippen molar-refractivity contribution in [2.75, 3.05) is 7.05 Å². The molecule has 0 aromatic heterocycles. The summed E-state index contributed by atoms with van der Waals surface area (Å²) in [5.74, 6) is -0.443. The highest BCUT2D eigenvalue weighted by molar-refractivity contribution is 6.30. The summed E-state index contributed by atoms with van der Waals surface area (Å²) in [7, 11) is 1.80. The number of hydrogen-bond acceptors (Lipinski definition) is 2. The Morgan fingerprint density at radius 1 is 1.19 bits per heavy atom. The molecule has 0 saturated carbocycles. The topological polar surface area (TPSA) is 21.3 Å². The van der Waals surface area contributed by atoms with E-state index in [0.29, 0.717) is 16.3 Å². The monoisotopic (exact) mass is 311 g/mol. The standard InChI is InChI=1S/C16H16ClF2NO/c1-10(20-2)14-6-5-13(18)8-16(14)21-9-11-3-4-12(17)7-15(11)19/h3-8,10,20H,9H2,1-2H3. The Hall–Kier alpha value is -1.65. The summed E-state index contributed by atoms with van der Waals surface area (Å²) in [5.41, 5.74) is 1.18. The minimum Gasteiger partial charge on any atom is -0.488 e. The molecule has 2 aromatic rings. The number of nitrogens with one attached hydrogen (secondary N) is 1. The predicted molar refractivity (Wildman–Crippen MR) is 79.6 cm³/mol. The number of benzene rings is 2. The third-order valence-electron chi connectivity index (χ3n) is 3.27. The molecule has 0 spiro atoms. The van der Waals surface area contributed by atoms with Gasteiger partial charge in [0.15, 0.2) is 0 Å². The Morgan fingerprint density at radius 3 is 2.62 bits per heavy atom. The molecule has 1 atom stereocenters. The van der Waals surface area contributed by atoms with Crippen LogP contribution in [0.5, 0.6) is 5.75 Å². The van der Waals surface area contributed by atoms with Crippen molar-refractivity contribution in [3.63, 3.8) is 0 Å². The average molecular weight is 312 g/mol. The maximum absolute atomic E-state index is 13.7. The SMILES string of the molecule is CNC(C)c1ccc(F)cc1OCc1ccc(Cl)cc1F. The molecular formula is C16H16ClF2NO. The van der Waals surface area contributed by atoms with E-state index in [-0.39, 0.29) is 12.6 Å². The van der Waals surface area contributed by atoms with E-state index in [1.807, 2.05) is 6.92 Å². The van der Waals surface area contributed by atoms with Crippen LogP contribution in [0.15, 0.2) is 36.4 Å². The van der Waals surface area contributed by atoms with Gasteiger partial charge in [-0.25, -0.2) is 8.78 Å². The van der Waals surface area contributed by atoms with E-state index in [0.717, 1.165) is 5.56 Å². The van der Waals surface area contributed by atoms with Crippen LogP contribution in [0.2, 0.25) is 5.02 Å². The molecule has 21 heavy (non-hydrogen) atoms. The van der Waals surface area contributed by atoms with Crippen LogP contribution in [0.1, 0.15) is 24.1 Å². The average Bonchev–Trinajstić information content (AvgIpc) is 2.45. The van der Waals surface area contributed by atoms with Gasteiger partial charge < -0.3 is 10.1 Å². The Kier molecular flexibility index (Phi) is 5.15. The van der Waals surface area contributed by atoms with Crippen LogP contribution < -0.4 is 10.1 Å². The van der Waals surface area contributed by atoms with Crippen LogP contribution in [0.25, 0.3) is 0 Å². The number of ether oxygens (including phenoxy) is 1. The molecule has 0 aliphatic heterocycles. The lowest BCUT2D eigenvalue weighted by Crippen LogP contribution is -2.14. The Balaban J connectivity index is 2.21. The largest absolute Gasteiger partial charge is 0.488 e. The van der Waals surface area contributed by atoms with E-state index in [1.165, 1.54) is 18.2 Å². The molecule has 0 radical (unpaired) electrons. The minimum atomic E-state index is -0.442. The summed E-state index contributed by atoms with van der Waals surface area (Å²) in [5, 5.41) is 3.39. The van der Waals surface area contributed by atoms with E-state index in [4.69, 9.17) is 16.3 Å². The molecule has 1 N–H and O–H groups in total. The molecule has 0 fully saturated rings. The van der Waals surface area contributed by atoms with Crippen molar-refractivity contribution in [2.45, 2.75) is 19.6 Å². The summed E-state index contributed by atoms with van der Waals surface area (Å²) >= 11 is 5.70. The Morgan fingerprint density at radius 2 is 1.95 bits per heavy atom. The van der Waals surface area contributed by atoms with Gasteiger partial charge in [0.05, 0.1) is 0 Å². The van der Waals surface area contributed by atoms with Crippen LogP contribution in [0, 0.1) is 11.6 Å². The lowest BCUT2D eigenvalue weighted by molar-refractivity contribution is 0.292. The van der Waals surface area contributed by atoms with Crippen molar-refractivity contribution in [1.82, 2.24) is 5.32 Å². The zero-order chi connectivity index (χ0) is 15.4. The molecular weight excluding hydrogens is 296 g/mol. The minimum absolute atomic E-state index is 0.00401. The van der Waals surface area contributed by atoms with E-state index < -0.39 is 11.6 Å². The van der Waals surface area contributed by atoms with Crippen molar-refractivity contribution in [3.05, 3.63) is 64.2 Å². The molecule has 2 rings (SSSR count). The smallest absolute Gasteiger partial charge is 0.131 e. The molecule has 0 bridgehead atoms. The third kappa shape index (κ3) is 3.93. The second-order valence-corrected chi connectivity index (χ2v) is 5.15. The van der Waals surface area contributed by atoms with E-state index in [9.17, 15) is 8.78 Å². The van der Waals surface area contributed by atoms with Crippen molar-refractivity contribution >= 4 is 11.6 Å². The van der Waals surface area contributed by atoms with Gasteiger partial charge in [-0.15, -0.1) is 0 Å². The first kappa shape index (κ1) is 15.7. The van der Waals surface area contributed by atoms with Crippen LogP contribution in [0.3, 0.4) is 0 Å². The maximum Gasteiger partial charge on any atom is 0.131 e. The molecule has 2 nitrogen and oxygen atoms in total. The van der Waals surface area contributed by atoms with Gasteiger partial charge in [0.25, 0.3) is 0 Å². The highest BCUT2D eigenvalue weighted by Gasteiger charge is 2.12. The lowest BCUT2D eigenvalue weighted by atomic mass is 10.1. The van der Waals surface area contributed by atoms with Gasteiger partial charge in [-0.1, -0.05) is 23.7 Å². The van der Waals surface area contributed by atoms with Gasteiger partial charge in [0.1, 0.15) is 24.0 Å².